The normalized spacial score (nSPS) is 14.3. The Kier molecular flexibility index (Phi) is 4.28. The van der Waals surface area contributed by atoms with Gasteiger partial charge in [0.05, 0.1) is 4.90 Å². The molecular formula is C16H15ClN2O3S. The second kappa shape index (κ2) is 6.22. The molecule has 1 fully saturated rings. The first-order chi connectivity index (χ1) is 10.9. The smallest absolute Gasteiger partial charge is 0.261 e. The minimum atomic E-state index is -3.70. The predicted octanol–water partition coefficient (Wildman–Crippen LogP) is 3.49. The molecule has 2 N–H and O–H groups in total. The van der Waals surface area contributed by atoms with Crippen LogP contribution < -0.4 is 10.0 Å². The van der Waals surface area contributed by atoms with Crippen molar-refractivity contribution >= 4 is 38.9 Å². The largest absolute Gasteiger partial charge is 0.326 e. The van der Waals surface area contributed by atoms with Gasteiger partial charge in [-0.1, -0.05) is 17.7 Å². The summed E-state index contributed by atoms with van der Waals surface area (Å²) in [6.07, 6.45) is 1.87. The highest BCUT2D eigenvalue weighted by molar-refractivity contribution is 7.92. The fourth-order valence-corrected chi connectivity index (χ4v) is 3.42. The molecule has 1 amide bonds. The molecule has 0 bridgehead atoms. The lowest BCUT2D eigenvalue weighted by Gasteiger charge is -2.09. The van der Waals surface area contributed by atoms with E-state index in [0.29, 0.717) is 16.4 Å². The van der Waals surface area contributed by atoms with Gasteiger partial charge in [-0.05, 0) is 55.3 Å². The minimum absolute atomic E-state index is 0.0114. The second-order valence-electron chi connectivity index (χ2n) is 5.40. The quantitative estimate of drug-likeness (QED) is 0.866. The third-order valence-corrected chi connectivity index (χ3v) is 5.07. The van der Waals surface area contributed by atoms with Crippen LogP contribution in [0.15, 0.2) is 53.4 Å². The van der Waals surface area contributed by atoms with Gasteiger partial charge in [0.2, 0.25) is 5.91 Å². The van der Waals surface area contributed by atoms with E-state index in [9.17, 15) is 13.2 Å². The molecule has 7 heteroatoms. The van der Waals surface area contributed by atoms with Crippen molar-refractivity contribution in [2.75, 3.05) is 10.0 Å². The van der Waals surface area contributed by atoms with Crippen LogP contribution in [0, 0.1) is 5.92 Å². The molecule has 23 heavy (non-hydrogen) atoms. The Morgan fingerprint density at radius 2 is 1.70 bits per heavy atom. The minimum Gasteiger partial charge on any atom is -0.326 e. The number of amides is 1. The van der Waals surface area contributed by atoms with Gasteiger partial charge in [0, 0.05) is 22.3 Å². The SMILES string of the molecule is O=C(Nc1ccc(NS(=O)(=O)c2cccc(Cl)c2)cc1)C1CC1. The van der Waals surface area contributed by atoms with Crippen molar-refractivity contribution in [1.82, 2.24) is 0 Å². The standard InChI is InChI=1S/C16H15ClN2O3S/c17-12-2-1-3-15(10-12)23(21,22)19-14-8-6-13(7-9-14)18-16(20)11-4-5-11/h1-3,6-11,19H,4-5H2,(H,18,20). The monoisotopic (exact) mass is 350 g/mol. The maximum absolute atomic E-state index is 12.3. The zero-order valence-corrected chi connectivity index (χ0v) is 13.7. The Balaban J connectivity index is 1.71. The second-order valence-corrected chi connectivity index (χ2v) is 7.52. The van der Waals surface area contributed by atoms with Gasteiger partial charge < -0.3 is 5.32 Å². The predicted molar refractivity (Wildman–Crippen MR) is 90.1 cm³/mol. The van der Waals surface area contributed by atoms with E-state index in [2.05, 4.69) is 10.0 Å². The van der Waals surface area contributed by atoms with Crippen LogP contribution in [0.3, 0.4) is 0 Å². The summed E-state index contributed by atoms with van der Waals surface area (Å²) in [6, 6.07) is 12.6. The molecule has 1 aliphatic carbocycles. The van der Waals surface area contributed by atoms with Crippen LogP contribution in [0.1, 0.15) is 12.8 Å². The molecule has 0 spiro atoms. The molecule has 2 aromatic rings. The van der Waals surface area contributed by atoms with E-state index < -0.39 is 10.0 Å². The van der Waals surface area contributed by atoms with Gasteiger partial charge in [0.25, 0.3) is 10.0 Å². The van der Waals surface area contributed by atoms with Crippen molar-refractivity contribution in [3.05, 3.63) is 53.6 Å². The number of hydrogen-bond acceptors (Lipinski definition) is 3. The molecule has 120 valence electrons. The Hall–Kier alpha value is -2.05. The number of halogens is 1. The summed E-state index contributed by atoms with van der Waals surface area (Å²) < 4.78 is 27.0. The first-order valence-electron chi connectivity index (χ1n) is 7.13. The van der Waals surface area contributed by atoms with Gasteiger partial charge in [-0.2, -0.15) is 0 Å². The van der Waals surface area contributed by atoms with Crippen LogP contribution >= 0.6 is 11.6 Å². The molecule has 0 unspecified atom stereocenters. The van der Waals surface area contributed by atoms with Crippen molar-refractivity contribution in [1.29, 1.82) is 0 Å². The number of sulfonamides is 1. The van der Waals surface area contributed by atoms with E-state index in [4.69, 9.17) is 11.6 Å². The highest BCUT2D eigenvalue weighted by atomic mass is 35.5. The van der Waals surface area contributed by atoms with Gasteiger partial charge in [-0.3, -0.25) is 9.52 Å². The third kappa shape index (κ3) is 4.03. The lowest BCUT2D eigenvalue weighted by Crippen LogP contribution is -2.14. The summed E-state index contributed by atoms with van der Waals surface area (Å²) in [5.41, 5.74) is 1.06. The maximum Gasteiger partial charge on any atom is 0.261 e. The van der Waals surface area contributed by atoms with Gasteiger partial charge in [0.15, 0.2) is 0 Å². The van der Waals surface area contributed by atoms with Gasteiger partial charge in [-0.25, -0.2) is 8.42 Å². The summed E-state index contributed by atoms with van der Waals surface area (Å²) in [5.74, 6) is 0.133. The van der Waals surface area contributed by atoms with Crippen molar-refractivity contribution in [2.45, 2.75) is 17.7 Å². The number of carbonyl (C=O) groups excluding carboxylic acids is 1. The lowest BCUT2D eigenvalue weighted by molar-refractivity contribution is -0.117. The van der Waals surface area contributed by atoms with E-state index in [1.807, 2.05) is 0 Å². The molecule has 1 saturated carbocycles. The highest BCUT2D eigenvalue weighted by Crippen LogP contribution is 2.30. The van der Waals surface area contributed by atoms with Crippen molar-refractivity contribution in [2.24, 2.45) is 5.92 Å². The topological polar surface area (TPSA) is 75.3 Å². The average molecular weight is 351 g/mol. The fraction of sp³-hybridized carbons (Fsp3) is 0.188. The number of carbonyl (C=O) groups is 1. The Morgan fingerprint density at radius 3 is 2.30 bits per heavy atom. The van der Waals surface area contributed by atoms with E-state index in [1.165, 1.54) is 12.1 Å². The summed E-state index contributed by atoms with van der Waals surface area (Å²) in [5, 5.41) is 3.15. The molecule has 0 heterocycles. The van der Waals surface area contributed by atoms with Crippen molar-refractivity contribution < 1.29 is 13.2 Å². The molecule has 0 radical (unpaired) electrons. The summed E-state index contributed by atoms with van der Waals surface area (Å²) in [7, 11) is -3.70. The number of hydrogen-bond donors (Lipinski definition) is 2. The maximum atomic E-state index is 12.3. The van der Waals surface area contributed by atoms with Gasteiger partial charge >= 0.3 is 0 Å². The molecular weight excluding hydrogens is 336 g/mol. The third-order valence-electron chi connectivity index (χ3n) is 3.46. The molecule has 5 nitrogen and oxygen atoms in total. The Bertz CT molecular complexity index is 831. The van der Waals surface area contributed by atoms with Crippen LogP contribution in [0.25, 0.3) is 0 Å². The molecule has 0 aromatic heterocycles. The summed E-state index contributed by atoms with van der Waals surface area (Å²) in [4.78, 5) is 11.8. The zero-order valence-electron chi connectivity index (χ0n) is 12.1. The fourth-order valence-electron chi connectivity index (χ4n) is 2.06. The van der Waals surface area contributed by atoms with Crippen molar-refractivity contribution in [3.63, 3.8) is 0 Å². The molecule has 0 atom stereocenters. The Labute approximate surface area is 139 Å². The van der Waals surface area contributed by atoms with E-state index >= 15 is 0 Å². The van der Waals surface area contributed by atoms with E-state index in [-0.39, 0.29) is 16.7 Å². The number of anilines is 2. The highest BCUT2D eigenvalue weighted by Gasteiger charge is 2.29. The number of nitrogens with one attached hydrogen (secondary N) is 2. The molecule has 1 aliphatic rings. The zero-order chi connectivity index (χ0) is 16.4. The Morgan fingerprint density at radius 1 is 1.04 bits per heavy atom. The van der Waals surface area contributed by atoms with E-state index in [0.717, 1.165) is 12.8 Å². The summed E-state index contributed by atoms with van der Waals surface area (Å²) >= 11 is 5.82. The van der Waals surface area contributed by atoms with Gasteiger partial charge in [0.1, 0.15) is 0 Å². The van der Waals surface area contributed by atoms with Gasteiger partial charge in [-0.15, -0.1) is 0 Å². The average Bonchev–Trinajstić information content (AvgIpc) is 3.34. The van der Waals surface area contributed by atoms with Crippen LogP contribution in [-0.2, 0) is 14.8 Å². The number of benzene rings is 2. The van der Waals surface area contributed by atoms with Crippen LogP contribution in [0.5, 0.6) is 0 Å². The van der Waals surface area contributed by atoms with E-state index in [1.54, 1.807) is 36.4 Å². The molecule has 0 aliphatic heterocycles. The van der Waals surface area contributed by atoms with Crippen LogP contribution in [0.2, 0.25) is 5.02 Å². The summed E-state index contributed by atoms with van der Waals surface area (Å²) in [6.45, 7) is 0. The number of rotatable bonds is 5. The molecule has 3 rings (SSSR count). The van der Waals surface area contributed by atoms with Crippen LogP contribution in [0.4, 0.5) is 11.4 Å². The lowest BCUT2D eigenvalue weighted by atomic mass is 10.2. The first-order valence-corrected chi connectivity index (χ1v) is 8.99. The molecule has 0 saturated heterocycles. The first kappa shape index (κ1) is 15.8. The van der Waals surface area contributed by atoms with Crippen LogP contribution in [-0.4, -0.2) is 14.3 Å². The molecule has 2 aromatic carbocycles. The van der Waals surface area contributed by atoms with Crippen molar-refractivity contribution in [3.8, 4) is 0 Å².